The molecule has 2 bridgehead atoms. The molecule has 0 radical (unpaired) electrons. The van der Waals surface area contributed by atoms with Gasteiger partial charge in [0.2, 0.25) is 0 Å². The average molecular weight is 235 g/mol. The number of aromatic nitrogens is 2. The summed E-state index contributed by atoms with van der Waals surface area (Å²) in [6, 6.07) is 2.18. The minimum absolute atomic E-state index is 0.0596. The van der Waals surface area contributed by atoms with Gasteiger partial charge in [-0.05, 0) is 31.7 Å². The molecular weight excluding hydrogens is 218 g/mol. The highest BCUT2D eigenvalue weighted by molar-refractivity contribution is 5.93. The Kier molecular flexibility index (Phi) is 2.43. The van der Waals surface area contributed by atoms with Crippen molar-refractivity contribution >= 4 is 5.91 Å². The second-order valence-corrected chi connectivity index (χ2v) is 5.06. The van der Waals surface area contributed by atoms with E-state index in [9.17, 15) is 9.90 Å². The Bertz CT molecular complexity index is 429. The van der Waals surface area contributed by atoms with E-state index in [1.54, 1.807) is 24.0 Å². The zero-order valence-corrected chi connectivity index (χ0v) is 9.91. The lowest BCUT2D eigenvalue weighted by molar-refractivity contribution is 0.0279. The van der Waals surface area contributed by atoms with Crippen molar-refractivity contribution in [2.45, 2.75) is 43.9 Å². The zero-order chi connectivity index (χ0) is 12.0. The minimum atomic E-state index is -0.233. The average Bonchev–Trinajstić information content (AvgIpc) is 2.81. The van der Waals surface area contributed by atoms with Gasteiger partial charge in [0.1, 0.15) is 5.69 Å². The molecule has 0 aliphatic carbocycles. The summed E-state index contributed by atoms with van der Waals surface area (Å²) in [6.45, 7) is 0. The monoisotopic (exact) mass is 235 g/mol. The molecule has 0 saturated carbocycles. The van der Waals surface area contributed by atoms with Crippen molar-refractivity contribution in [3.8, 4) is 0 Å². The number of piperidine rings is 1. The molecule has 3 rings (SSSR count). The number of nitrogens with zero attached hydrogens (tertiary/aromatic N) is 3. The standard InChI is InChI=1S/C12H17N3O2/c1-14-11(4-5-13-14)12(17)15-8-2-3-9(15)7-10(16)6-8/h4-5,8-10,16H,2-3,6-7H2,1H3. The van der Waals surface area contributed by atoms with E-state index in [1.807, 2.05) is 4.90 Å². The molecule has 1 aromatic heterocycles. The molecule has 2 unspecified atom stereocenters. The Balaban J connectivity index is 1.86. The van der Waals surface area contributed by atoms with Crippen LogP contribution >= 0.6 is 0 Å². The number of aliphatic hydroxyl groups is 1. The van der Waals surface area contributed by atoms with E-state index in [1.165, 1.54) is 0 Å². The van der Waals surface area contributed by atoms with Crippen molar-refractivity contribution in [3.63, 3.8) is 0 Å². The molecule has 2 fully saturated rings. The highest BCUT2D eigenvalue weighted by Crippen LogP contribution is 2.36. The van der Waals surface area contributed by atoms with Crippen LogP contribution in [0.3, 0.4) is 0 Å². The molecule has 1 aromatic rings. The van der Waals surface area contributed by atoms with Crippen LogP contribution < -0.4 is 0 Å². The maximum Gasteiger partial charge on any atom is 0.272 e. The van der Waals surface area contributed by atoms with Crippen LogP contribution in [0.1, 0.15) is 36.2 Å². The maximum atomic E-state index is 12.4. The summed E-state index contributed by atoms with van der Waals surface area (Å²) >= 11 is 0. The first kappa shape index (κ1) is 10.8. The van der Waals surface area contributed by atoms with Gasteiger partial charge in [0.05, 0.1) is 6.10 Å². The van der Waals surface area contributed by atoms with Gasteiger partial charge in [-0.15, -0.1) is 0 Å². The highest BCUT2D eigenvalue weighted by Gasteiger charge is 2.43. The fourth-order valence-electron chi connectivity index (χ4n) is 3.20. The zero-order valence-electron chi connectivity index (χ0n) is 9.91. The number of carbonyl (C=O) groups excluding carboxylic acids is 1. The van der Waals surface area contributed by atoms with Crippen molar-refractivity contribution in [2.24, 2.45) is 7.05 Å². The lowest BCUT2D eigenvalue weighted by Crippen LogP contribution is -2.48. The van der Waals surface area contributed by atoms with Gasteiger partial charge in [-0.1, -0.05) is 0 Å². The molecule has 2 atom stereocenters. The topological polar surface area (TPSA) is 58.4 Å². The van der Waals surface area contributed by atoms with Crippen LogP contribution in [0.25, 0.3) is 0 Å². The number of fused-ring (bicyclic) bond motifs is 2. The third kappa shape index (κ3) is 1.65. The molecule has 17 heavy (non-hydrogen) atoms. The molecule has 1 N–H and O–H groups in total. The van der Waals surface area contributed by atoms with Crippen molar-refractivity contribution in [3.05, 3.63) is 18.0 Å². The SMILES string of the molecule is Cn1nccc1C(=O)N1C2CCC1CC(O)C2. The normalized spacial score (nSPS) is 31.9. The van der Waals surface area contributed by atoms with Crippen LogP contribution in [0.2, 0.25) is 0 Å². The summed E-state index contributed by atoms with van der Waals surface area (Å²) < 4.78 is 1.62. The van der Waals surface area contributed by atoms with Crippen molar-refractivity contribution in [1.82, 2.24) is 14.7 Å². The van der Waals surface area contributed by atoms with E-state index in [-0.39, 0.29) is 24.1 Å². The van der Waals surface area contributed by atoms with E-state index in [0.717, 1.165) is 25.7 Å². The molecule has 1 amide bonds. The van der Waals surface area contributed by atoms with Gasteiger partial charge in [-0.25, -0.2) is 0 Å². The van der Waals surface area contributed by atoms with E-state index in [2.05, 4.69) is 5.10 Å². The lowest BCUT2D eigenvalue weighted by Gasteiger charge is -2.37. The van der Waals surface area contributed by atoms with Crippen molar-refractivity contribution in [1.29, 1.82) is 0 Å². The molecule has 0 spiro atoms. The van der Waals surface area contributed by atoms with Crippen LogP contribution in [0.4, 0.5) is 0 Å². The number of hydrogen-bond acceptors (Lipinski definition) is 3. The number of amides is 1. The third-order valence-corrected chi connectivity index (χ3v) is 3.98. The summed E-state index contributed by atoms with van der Waals surface area (Å²) in [6.07, 6.45) is 4.90. The Labute approximate surface area is 100 Å². The van der Waals surface area contributed by atoms with E-state index in [4.69, 9.17) is 0 Å². The first-order valence-corrected chi connectivity index (χ1v) is 6.15. The van der Waals surface area contributed by atoms with E-state index in [0.29, 0.717) is 5.69 Å². The number of carbonyl (C=O) groups is 1. The fraction of sp³-hybridized carbons (Fsp3) is 0.667. The van der Waals surface area contributed by atoms with E-state index < -0.39 is 0 Å². The number of aryl methyl sites for hydroxylation is 1. The second-order valence-electron chi connectivity index (χ2n) is 5.06. The molecular formula is C12H17N3O2. The summed E-state index contributed by atoms with van der Waals surface area (Å²) in [5.74, 6) is 0.0596. The molecule has 2 aliphatic rings. The van der Waals surface area contributed by atoms with Crippen molar-refractivity contribution < 1.29 is 9.90 Å². The summed E-state index contributed by atoms with van der Waals surface area (Å²) in [7, 11) is 1.79. The molecule has 2 aliphatic heterocycles. The molecule has 5 heteroatoms. The van der Waals surface area contributed by atoms with E-state index >= 15 is 0 Å². The summed E-state index contributed by atoms with van der Waals surface area (Å²) in [4.78, 5) is 14.4. The number of rotatable bonds is 1. The smallest absolute Gasteiger partial charge is 0.272 e. The molecule has 0 aromatic carbocycles. The fourth-order valence-corrected chi connectivity index (χ4v) is 3.20. The van der Waals surface area contributed by atoms with Crippen molar-refractivity contribution in [2.75, 3.05) is 0 Å². The summed E-state index contributed by atoms with van der Waals surface area (Å²) in [5.41, 5.74) is 0.637. The van der Waals surface area contributed by atoms with Gasteiger partial charge < -0.3 is 10.0 Å². The second kappa shape index (κ2) is 3.84. The first-order valence-electron chi connectivity index (χ1n) is 6.15. The van der Waals surface area contributed by atoms with Gasteiger partial charge in [-0.2, -0.15) is 5.10 Å². The van der Waals surface area contributed by atoms with Gasteiger partial charge in [0.15, 0.2) is 0 Å². The van der Waals surface area contributed by atoms with Crippen LogP contribution in [-0.2, 0) is 7.05 Å². The molecule has 2 saturated heterocycles. The Morgan fingerprint density at radius 2 is 2.06 bits per heavy atom. The first-order chi connectivity index (χ1) is 8.16. The molecule has 5 nitrogen and oxygen atoms in total. The largest absolute Gasteiger partial charge is 0.393 e. The molecule has 3 heterocycles. The highest BCUT2D eigenvalue weighted by atomic mass is 16.3. The Morgan fingerprint density at radius 3 is 2.59 bits per heavy atom. The van der Waals surface area contributed by atoms with Gasteiger partial charge in [0, 0.05) is 25.3 Å². The Hall–Kier alpha value is -1.36. The van der Waals surface area contributed by atoms with Crippen LogP contribution in [0.5, 0.6) is 0 Å². The van der Waals surface area contributed by atoms with Gasteiger partial charge in [-0.3, -0.25) is 9.48 Å². The van der Waals surface area contributed by atoms with Crippen LogP contribution in [-0.4, -0.2) is 43.9 Å². The minimum Gasteiger partial charge on any atom is -0.393 e. The quantitative estimate of drug-likeness (QED) is 0.773. The predicted molar refractivity (Wildman–Crippen MR) is 61.4 cm³/mol. The third-order valence-electron chi connectivity index (χ3n) is 3.98. The maximum absolute atomic E-state index is 12.4. The van der Waals surface area contributed by atoms with Gasteiger partial charge in [0.25, 0.3) is 5.91 Å². The van der Waals surface area contributed by atoms with Gasteiger partial charge >= 0.3 is 0 Å². The number of hydrogen-bond donors (Lipinski definition) is 1. The lowest BCUT2D eigenvalue weighted by atomic mass is 9.99. The Morgan fingerprint density at radius 1 is 1.41 bits per heavy atom. The van der Waals surface area contributed by atoms with Crippen LogP contribution in [0.15, 0.2) is 12.3 Å². The van der Waals surface area contributed by atoms with Crippen LogP contribution in [0, 0.1) is 0 Å². The summed E-state index contributed by atoms with van der Waals surface area (Å²) in [5, 5.41) is 13.8. The predicted octanol–water partition coefficient (Wildman–Crippen LogP) is 0.548. The molecule has 92 valence electrons. The number of aliphatic hydroxyl groups excluding tert-OH is 1.